The van der Waals surface area contributed by atoms with E-state index in [1.54, 1.807) is 11.9 Å². The lowest BCUT2D eigenvalue weighted by molar-refractivity contribution is -0.147. The SMILES string of the molecule is CNC(=O)[C@H]1[C@H]2C(=O)N(CCCCO)C(C(=O)NC(C)(C)CC(C)(C)C)C23CC[C@]1(C)O3. The van der Waals surface area contributed by atoms with Crippen molar-refractivity contribution >= 4 is 17.7 Å². The summed E-state index contributed by atoms with van der Waals surface area (Å²) < 4.78 is 6.53. The maximum Gasteiger partial charge on any atom is 0.246 e. The Balaban J connectivity index is 1.97. The minimum absolute atomic E-state index is 0.0179. The largest absolute Gasteiger partial charge is 0.396 e. The molecular formula is C24H41N3O5. The van der Waals surface area contributed by atoms with Gasteiger partial charge in [-0.1, -0.05) is 20.8 Å². The Morgan fingerprint density at radius 2 is 1.81 bits per heavy atom. The van der Waals surface area contributed by atoms with E-state index in [1.807, 2.05) is 20.8 Å². The molecule has 2 bridgehead atoms. The van der Waals surface area contributed by atoms with Crippen molar-refractivity contribution in [2.24, 2.45) is 17.3 Å². The van der Waals surface area contributed by atoms with Crippen LogP contribution in [0.1, 0.15) is 73.6 Å². The molecule has 3 rings (SSSR count). The van der Waals surface area contributed by atoms with Crippen molar-refractivity contribution in [1.82, 2.24) is 15.5 Å². The highest BCUT2D eigenvalue weighted by atomic mass is 16.5. The van der Waals surface area contributed by atoms with Crippen molar-refractivity contribution in [3.8, 4) is 0 Å². The molecule has 2 unspecified atom stereocenters. The van der Waals surface area contributed by atoms with Crippen LogP contribution in [0.5, 0.6) is 0 Å². The van der Waals surface area contributed by atoms with Gasteiger partial charge in [0.05, 0.1) is 17.4 Å². The normalized spacial score (nSPS) is 34.1. The molecule has 182 valence electrons. The number of carbonyl (C=O) groups is 3. The smallest absolute Gasteiger partial charge is 0.246 e. The summed E-state index contributed by atoms with van der Waals surface area (Å²) in [5, 5.41) is 15.1. The standard InChI is InChI=1S/C24H41N3O5/c1-21(2,3)14-22(4,5)26-19(30)17-24-11-10-23(6,32-24)15(18(29)25-7)16(24)20(31)27(17)12-8-9-13-28/h15-17,28H,8-14H2,1-7H3,(H,25,29)(H,26,30)/t15-,16+,17?,23+,24?/m1/s1. The zero-order chi connectivity index (χ0) is 24.1. The molecule has 0 saturated carbocycles. The van der Waals surface area contributed by atoms with E-state index in [0.717, 1.165) is 6.42 Å². The van der Waals surface area contributed by atoms with Gasteiger partial charge >= 0.3 is 0 Å². The van der Waals surface area contributed by atoms with Gasteiger partial charge in [-0.3, -0.25) is 14.4 Å². The number of nitrogens with one attached hydrogen (secondary N) is 2. The van der Waals surface area contributed by atoms with Gasteiger partial charge in [0.15, 0.2) is 0 Å². The zero-order valence-corrected chi connectivity index (χ0v) is 20.7. The van der Waals surface area contributed by atoms with E-state index in [0.29, 0.717) is 32.2 Å². The fourth-order valence-corrected chi connectivity index (χ4v) is 6.69. The summed E-state index contributed by atoms with van der Waals surface area (Å²) in [5.41, 5.74) is -2.20. The van der Waals surface area contributed by atoms with Crippen LogP contribution in [-0.2, 0) is 19.1 Å². The van der Waals surface area contributed by atoms with Crippen LogP contribution in [0.3, 0.4) is 0 Å². The van der Waals surface area contributed by atoms with Crippen LogP contribution in [0.15, 0.2) is 0 Å². The lowest BCUT2D eigenvalue weighted by Gasteiger charge is -2.38. The third-order valence-corrected chi connectivity index (χ3v) is 7.29. The summed E-state index contributed by atoms with van der Waals surface area (Å²) in [7, 11) is 1.57. The second-order valence-corrected chi connectivity index (χ2v) is 11.9. The van der Waals surface area contributed by atoms with Crippen molar-refractivity contribution in [2.75, 3.05) is 20.2 Å². The number of hydrogen-bond acceptors (Lipinski definition) is 5. The third kappa shape index (κ3) is 4.16. The van der Waals surface area contributed by atoms with E-state index in [4.69, 9.17) is 4.74 Å². The van der Waals surface area contributed by atoms with E-state index in [-0.39, 0.29) is 29.7 Å². The van der Waals surface area contributed by atoms with Gasteiger partial charge in [0, 0.05) is 25.7 Å². The molecule has 0 radical (unpaired) electrons. The molecule has 3 amide bonds. The number of unbranched alkanes of at least 4 members (excludes halogenated alkanes) is 1. The minimum Gasteiger partial charge on any atom is -0.396 e. The summed E-state index contributed by atoms with van der Waals surface area (Å²) >= 11 is 0. The van der Waals surface area contributed by atoms with Crippen LogP contribution in [0.2, 0.25) is 0 Å². The molecule has 3 N–H and O–H groups in total. The number of nitrogens with zero attached hydrogens (tertiary/aromatic N) is 1. The minimum atomic E-state index is -0.996. The molecule has 32 heavy (non-hydrogen) atoms. The molecule has 8 heteroatoms. The van der Waals surface area contributed by atoms with Gasteiger partial charge < -0.3 is 25.4 Å². The van der Waals surface area contributed by atoms with Crippen LogP contribution in [0.4, 0.5) is 0 Å². The van der Waals surface area contributed by atoms with Crippen LogP contribution < -0.4 is 10.6 Å². The summed E-state index contributed by atoms with van der Waals surface area (Å²) in [6, 6.07) is -0.783. The maximum absolute atomic E-state index is 13.8. The molecule has 0 aromatic carbocycles. The van der Waals surface area contributed by atoms with E-state index in [1.165, 1.54) is 0 Å². The summed E-state index contributed by atoms with van der Waals surface area (Å²) in [4.78, 5) is 41.9. The maximum atomic E-state index is 13.8. The molecule has 8 nitrogen and oxygen atoms in total. The van der Waals surface area contributed by atoms with E-state index < -0.39 is 34.6 Å². The predicted molar refractivity (Wildman–Crippen MR) is 121 cm³/mol. The topological polar surface area (TPSA) is 108 Å². The van der Waals surface area contributed by atoms with Gasteiger partial charge in [-0.25, -0.2) is 0 Å². The Morgan fingerprint density at radius 3 is 2.38 bits per heavy atom. The quantitative estimate of drug-likeness (QED) is 0.486. The number of fused-ring (bicyclic) bond motifs is 1. The Hall–Kier alpha value is -1.67. The van der Waals surface area contributed by atoms with Crippen molar-refractivity contribution < 1.29 is 24.2 Å². The highest BCUT2D eigenvalue weighted by molar-refractivity contribution is 5.99. The van der Waals surface area contributed by atoms with Gasteiger partial charge in [0.25, 0.3) is 0 Å². The molecule has 0 aromatic heterocycles. The lowest BCUT2D eigenvalue weighted by atomic mass is 9.66. The van der Waals surface area contributed by atoms with E-state index >= 15 is 0 Å². The first-order chi connectivity index (χ1) is 14.7. The number of aliphatic hydroxyl groups excluding tert-OH is 1. The fraction of sp³-hybridized carbons (Fsp3) is 0.875. The molecule has 1 spiro atoms. The van der Waals surface area contributed by atoms with Crippen molar-refractivity contribution in [1.29, 1.82) is 0 Å². The van der Waals surface area contributed by atoms with Crippen LogP contribution in [0, 0.1) is 17.3 Å². The zero-order valence-electron chi connectivity index (χ0n) is 20.7. The monoisotopic (exact) mass is 451 g/mol. The number of ether oxygens (including phenoxy) is 1. The Labute approximate surface area is 191 Å². The first-order valence-electron chi connectivity index (χ1n) is 11.9. The van der Waals surface area contributed by atoms with Crippen LogP contribution in [-0.4, -0.2) is 70.7 Å². The average Bonchev–Trinajstić information content (AvgIpc) is 3.20. The van der Waals surface area contributed by atoms with Gasteiger partial charge in [0.2, 0.25) is 17.7 Å². The number of hydrogen-bond donors (Lipinski definition) is 3. The van der Waals surface area contributed by atoms with Gasteiger partial charge in [-0.15, -0.1) is 0 Å². The number of amides is 3. The predicted octanol–water partition coefficient (Wildman–Crippen LogP) is 1.60. The number of likely N-dealkylation sites (tertiary alicyclic amines) is 1. The Kier molecular flexibility index (Phi) is 6.46. The summed E-state index contributed by atoms with van der Waals surface area (Å²) in [5.74, 6) is -1.90. The Bertz CT molecular complexity index is 776. The van der Waals surface area contributed by atoms with Crippen LogP contribution in [0.25, 0.3) is 0 Å². The summed E-state index contributed by atoms with van der Waals surface area (Å²) in [6.07, 6.45) is 3.11. The number of carbonyl (C=O) groups excluding carboxylic acids is 3. The molecule has 3 aliphatic heterocycles. The van der Waals surface area contributed by atoms with E-state index in [2.05, 4.69) is 31.4 Å². The molecule has 0 aliphatic carbocycles. The van der Waals surface area contributed by atoms with E-state index in [9.17, 15) is 19.5 Å². The van der Waals surface area contributed by atoms with Crippen molar-refractivity contribution in [2.45, 2.75) is 96.4 Å². The first kappa shape index (κ1) is 25.0. The number of rotatable bonds is 8. The Morgan fingerprint density at radius 1 is 1.16 bits per heavy atom. The molecule has 3 aliphatic rings. The third-order valence-electron chi connectivity index (χ3n) is 7.29. The second-order valence-electron chi connectivity index (χ2n) is 11.9. The lowest BCUT2D eigenvalue weighted by Crippen LogP contribution is -2.59. The number of aliphatic hydroxyl groups is 1. The second kappa shape index (κ2) is 8.28. The molecule has 3 fully saturated rings. The van der Waals surface area contributed by atoms with Crippen molar-refractivity contribution in [3.63, 3.8) is 0 Å². The van der Waals surface area contributed by atoms with Crippen molar-refractivity contribution in [3.05, 3.63) is 0 Å². The highest BCUT2D eigenvalue weighted by Gasteiger charge is 2.77. The van der Waals surface area contributed by atoms with Crippen LogP contribution >= 0.6 is 0 Å². The highest BCUT2D eigenvalue weighted by Crippen LogP contribution is 2.63. The van der Waals surface area contributed by atoms with Gasteiger partial charge in [-0.05, 0) is 58.3 Å². The molecule has 3 heterocycles. The van der Waals surface area contributed by atoms with Gasteiger partial charge in [-0.2, -0.15) is 0 Å². The molecule has 5 atom stereocenters. The molecule has 3 saturated heterocycles. The average molecular weight is 452 g/mol. The molecule has 0 aromatic rings. The first-order valence-corrected chi connectivity index (χ1v) is 11.9. The summed E-state index contributed by atoms with van der Waals surface area (Å²) in [6.45, 7) is 12.7. The fourth-order valence-electron chi connectivity index (χ4n) is 6.69. The van der Waals surface area contributed by atoms with Gasteiger partial charge in [0.1, 0.15) is 11.6 Å². The molecular weight excluding hydrogens is 410 g/mol.